The summed E-state index contributed by atoms with van der Waals surface area (Å²) in [5.41, 5.74) is 8.89. The van der Waals surface area contributed by atoms with E-state index in [2.05, 4.69) is 42.5 Å². The first-order chi connectivity index (χ1) is 16.0. The number of hydrogen-bond donors (Lipinski definition) is 1. The smallest absolute Gasteiger partial charge is 0.169 e. The maximum Gasteiger partial charge on any atom is 0.169 e. The van der Waals surface area contributed by atoms with Crippen molar-refractivity contribution in [1.82, 2.24) is 10.5 Å². The molecule has 33 heavy (non-hydrogen) atoms. The van der Waals surface area contributed by atoms with Crippen molar-refractivity contribution >= 4 is 5.84 Å². The van der Waals surface area contributed by atoms with E-state index in [1.807, 2.05) is 25.1 Å². The second kappa shape index (κ2) is 8.94. The van der Waals surface area contributed by atoms with Crippen LogP contribution < -0.4 is 10.2 Å². The van der Waals surface area contributed by atoms with Gasteiger partial charge in [0.2, 0.25) is 0 Å². The summed E-state index contributed by atoms with van der Waals surface area (Å²) in [4.78, 5) is 15.0. The van der Waals surface area contributed by atoms with Gasteiger partial charge in [-0.25, -0.2) is 9.87 Å². The fourth-order valence-corrected chi connectivity index (χ4v) is 4.20. The Morgan fingerprint density at radius 3 is 2.76 bits per heavy atom. The third-order valence-corrected chi connectivity index (χ3v) is 6.21. The lowest BCUT2D eigenvalue weighted by Gasteiger charge is -2.24. The number of aliphatic imine (C=N–C) groups is 1. The van der Waals surface area contributed by atoms with Crippen LogP contribution in [-0.4, -0.2) is 23.5 Å². The number of hydrogen-bond acceptors (Lipinski definition) is 5. The average molecular weight is 446 g/mol. The lowest BCUT2D eigenvalue weighted by Crippen LogP contribution is -2.37. The highest BCUT2D eigenvalue weighted by Gasteiger charge is 2.28. The zero-order valence-electron chi connectivity index (χ0n) is 19.2. The second-order valence-electron chi connectivity index (χ2n) is 9.04. The number of aromatic nitrogens is 1. The van der Waals surface area contributed by atoms with Gasteiger partial charge in [0.1, 0.15) is 0 Å². The second-order valence-corrected chi connectivity index (χ2v) is 9.04. The number of nitrogens with one attached hydrogen (secondary N) is 1. The van der Waals surface area contributed by atoms with Gasteiger partial charge >= 0.3 is 0 Å². The summed E-state index contributed by atoms with van der Waals surface area (Å²) in [6.45, 7) is 6.58. The van der Waals surface area contributed by atoms with Crippen LogP contribution in [0.3, 0.4) is 0 Å². The van der Waals surface area contributed by atoms with Crippen molar-refractivity contribution in [3.05, 3.63) is 88.0 Å². The van der Waals surface area contributed by atoms with Crippen molar-refractivity contribution in [3.8, 4) is 11.5 Å². The van der Waals surface area contributed by atoms with Gasteiger partial charge in [-0.2, -0.15) is 0 Å². The van der Waals surface area contributed by atoms with Crippen LogP contribution in [0.2, 0.25) is 0 Å². The quantitative estimate of drug-likeness (QED) is 0.528. The largest absolute Gasteiger partial charge is 0.452 e. The van der Waals surface area contributed by atoms with Crippen LogP contribution in [0, 0.1) is 26.6 Å². The average Bonchev–Trinajstić information content (AvgIpc) is 3.64. The van der Waals surface area contributed by atoms with E-state index in [9.17, 15) is 0 Å². The van der Waals surface area contributed by atoms with E-state index in [1.165, 1.54) is 16.7 Å². The van der Waals surface area contributed by atoms with E-state index >= 15 is 4.39 Å². The zero-order chi connectivity index (χ0) is 22.9. The number of halogens is 1. The summed E-state index contributed by atoms with van der Waals surface area (Å²) in [7, 11) is 0. The van der Waals surface area contributed by atoms with E-state index in [1.54, 1.807) is 12.3 Å². The van der Waals surface area contributed by atoms with E-state index in [4.69, 9.17) is 14.6 Å². The molecule has 2 aliphatic rings. The lowest BCUT2D eigenvalue weighted by molar-refractivity contribution is 0.0623. The standard InChI is InChI=1S/C27H28FN3O2/c1-16-7-8-17(2)20(11-16)13-21-15-32-31-27(30-21)23-12-18(3)29-14-25(23)33-24-6-4-5-22(26(24)28)19-9-10-19/h4-8,11-12,14,19,21H,9-10,13,15H2,1-3H3,(H,30,31). The van der Waals surface area contributed by atoms with Gasteiger partial charge in [0.25, 0.3) is 0 Å². The van der Waals surface area contributed by atoms with E-state index in [0.29, 0.717) is 29.7 Å². The Hall–Kier alpha value is -3.25. The highest BCUT2D eigenvalue weighted by molar-refractivity contribution is 6.01. The van der Waals surface area contributed by atoms with Crippen LogP contribution in [0.1, 0.15) is 52.3 Å². The summed E-state index contributed by atoms with van der Waals surface area (Å²) in [6, 6.07) is 13.6. The molecule has 3 aromatic rings. The summed E-state index contributed by atoms with van der Waals surface area (Å²) in [6.07, 6.45) is 4.44. The summed E-state index contributed by atoms with van der Waals surface area (Å²) >= 11 is 0. The molecule has 0 radical (unpaired) electrons. The molecule has 5 nitrogen and oxygen atoms in total. The first-order valence-electron chi connectivity index (χ1n) is 11.4. The zero-order valence-corrected chi connectivity index (χ0v) is 19.2. The van der Waals surface area contributed by atoms with Gasteiger partial charge in [-0.3, -0.25) is 14.8 Å². The number of amidine groups is 1. The number of ether oxygens (including phenoxy) is 1. The molecule has 6 heteroatoms. The predicted octanol–water partition coefficient (Wildman–Crippen LogP) is 5.71. The minimum Gasteiger partial charge on any atom is -0.452 e. The van der Waals surface area contributed by atoms with Gasteiger partial charge in [0.05, 0.1) is 24.4 Å². The van der Waals surface area contributed by atoms with Crippen LogP contribution in [-0.2, 0) is 11.3 Å². The Kier molecular flexibility index (Phi) is 5.85. The first kappa shape index (κ1) is 21.6. The van der Waals surface area contributed by atoms with Gasteiger partial charge in [-0.1, -0.05) is 35.9 Å². The molecule has 2 aromatic carbocycles. The molecule has 0 saturated heterocycles. The molecule has 2 heterocycles. The van der Waals surface area contributed by atoms with Crippen molar-refractivity contribution in [3.63, 3.8) is 0 Å². The summed E-state index contributed by atoms with van der Waals surface area (Å²) in [5, 5.41) is 0. The number of rotatable bonds is 6. The van der Waals surface area contributed by atoms with Gasteiger partial charge in [-0.15, -0.1) is 0 Å². The molecule has 5 rings (SSSR count). The van der Waals surface area contributed by atoms with Crippen molar-refractivity contribution in [1.29, 1.82) is 0 Å². The maximum atomic E-state index is 15.1. The monoisotopic (exact) mass is 445 g/mol. The molecule has 1 saturated carbocycles. The molecule has 1 N–H and O–H groups in total. The van der Waals surface area contributed by atoms with Crippen molar-refractivity contribution in [2.24, 2.45) is 4.99 Å². The number of hydroxylamine groups is 1. The molecule has 1 aliphatic carbocycles. The maximum absolute atomic E-state index is 15.1. The molecular formula is C27H28FN3O2. The molecule has 1 unspecified atom stereocenters. The molecular weight excluding hydrogens is 417 g/mol. The van der Waals surface area contributed by atoms with E-state index in [0.717, 1.165) is 30.5 Å². The Balaban J connectivity index is 1.45. The van der Waals surface area contributed by atoms with E-state index < -0.39 is 0 Å². The van der Waals surface area contributed by atoms with Crippen molar-refractivity contribution < 1.29 is 14.0 Å². The Morgan fingerprint density at radius 1 is 1.09 bits per heavy atom. The topological polar surface area (TPSA) is 55.7 Å². The lowest BCUT2D eigenvalue weighted by atomic mass is 9.99. The highest BCUT2D eigenvalue weighted by atomic mass is 19.1. The van der Waals surface area contributed by atoms with Gasteiger partial charge in [0, 0.05) is 5.69 Å². The molecule has 170 valence electrons. The Bertz CT molecular complexity index is 1220. The third-order valence-electron chi connectivity index (χ3n) is 6.21. The molecule has 1 atom stereocenters. The van der Waals surface area contributed by atoms with Gasteiger partial charge in [-0.05, 0) is 74.8 Å². The van der Waals surface area contributed by atoms with Crippen LogP contribution in [0.4, 0.5) is 4.39 Å². The van der Waals surface area contributed by atoms with Crippen LogP contribution >= 0.6 is 0 Å². The summed E-state index contributed by atoms with van der Waals surface area (Å²) in [5.74, 6) is 1.21. The Morgan fingerprint density at radius 2 is 1.94 bits per heavy atom. The SMILES string of the molecule is Cc1ccc(C)c(CC2CONC(c3cc(C)ncc3Oc3cccc(C4CC4)c3F)=N2)c1. The first-order valence-corrected chi connectivity index (χ1v) is 11.4. The van der Waals surface area contributed by atoms with Gasteiger partial charge in [0.15, 0.2) is 23.2 Å². The van der Waals surface area contributed by atoms with E-state index in [-0.39, 0.29) is 17.6 Å². The molecule has 1 aliphatic heterocycles. The normalized spacial score (nSPS) is 17.9. The molecule has 0 bridgehead atoms. The molecule has 1 aromatic heterocycles. The number of aryl methyl sites for hydroxylation is 3. The van der Waals surface area contributed by atoms with Crippen LogP contribution in [0.5, 0.6) is 11.5 Å². The van der Waals surface area contributed by atoms with Crippen molar-refractivity contribution in [2.45, 2.75) is 52.0 Å². The minimum absolute atomic E-state index is 0.0435. The van der Waals surface area contributed by atoms with Crippen LogP contribution in [0.25, 0.3) is 0 Å². The van der Waals surface area contributed by atoms with Crippen LogP contribution in [0.15, 0.2) is 53.7 Å². The molecule has 0 spiro atoms. The fourth-order valence-electron chi connectivity index (χ4n) is 4.20. The number of benzene rings is 2. The van der Waals surface area contributed by atoms with Crippen molar-refractivity contribution in [2.75, 3.05) is 6.61 Å². The number of nitrogens with zero attached hydrogens (tertiary/aromatic N) is 2. The molecule has 1 fully saturated rings. The Labute approximate surface area is 193 Å². The van der Waals surface area contributed by atoms with Gasteiger partial charge < -0.3 is 4.74 Å². The minimum atomic E-state index is -0.297. The predicted molar refractivity (Wildman–Crippen MR) is 126 cm³/mol. The highest BCUT2D eigenvalue weighted by Crippen LogP contribution is 2.43. The number of pyridine rings is 1. The fraction of sp³-hybridized carbons (Fsp3) is 0.333. The third kappa shape index (κ3) is 4.76. The molecule has 0 amide bonds. The summed E-state index contributed by atoms with van der Waals surface area (Å²) < 4.78 is 21.1.